The summed E-state index contributed by atoms with van der Waals surface area (Å²) >= 11 is 0.844. The third-order valence-electron chi connectivity index (χ3n) is 6.49. The predicted molar refractivity (Wildman–Crippen MR) is 133 cm³/mol. The first-order valence-corrected chi connectivity index (χ1v) is 12.2. The molecule has 3 aromatic rings. The third kappa shape index (κ3) is 4.41. The number of rotatable bonds is 4. The fourth-order valence-corrected chi connectivity index (χ4v) is 5.47. The Balaban J connectivity index is 1.33. The van der Waals surface area contributed by atoms with Crippen LogP contribution < -0.4 is 0 Å². The molecule has 5 rings (SSSR count). The molecular weight excluding hydrogens is 465 g/mol. The van der Waals surface area contributed by atoms with Crippen molar-refractivity contribution >= 4 is 34.9 Å². The molecule has 0 atom stereocenters. The van der Waals surface area contributed by atoms with Gasteiger partial charge in [0.05, 0.1) is 4.91 Å². The molecule has 3 heterocycles. The Morgan fingerprint density at radius 2 is 1.77 bits per heavy atom. The number of fused-ring (bicyclic) bond motifs is 1. The van der Waals surface area contributed by atoms with E-state index in [1.54, 1.807) is 23.1 Å². The highest BCUT2D eigenvalue weighted by Crippen LogP contribution is 2.34. The Morgan fingerprint density at radius 1 is 1.06 bits per heavy atom. The normalized spacial score (nSPS) is 16.8. The fraction of sp³-hybridized carbons (Fsp3) is 0.222. The van der Waals surface area contributed by atoms with Crippen molar-refractivity contribution in [3.63, 3.8) is 0 Å². The van der Waals surface area contributed by atoms with Crippen LogP contribution in [0.1, 0.15) is 28.1 Å². The molecule has 2 aliphatic heterocycles. The van der Waals surface area contributed by atoms with E-state index in [4.69, 9.17) is 0 Å². The van der Waals surface area contributed by atoms with Crippen LogP contribution in [0.3, 0.4) is 0 Å². The number of aryl methyl sites for hydroxylation is 1. The molecule has 2 aliphatic rings. The van der Waals surface area contributed by atoms with Crippen molar-refractivity contribution in [2.75, 3.05) is 13.1 Å². The predicted octanol–water partition coefficient (Wildman–Crippen LogP) is 4.85. The average Bonchev–Trinajstić information content (AvgIpc) is 3.28. The molecule has 0 N–H and O–H groups in total. The second kappa shape index (κ2) is 9.19. The zero-order chi connectivity index (χ0) is 24.7. The molecule has 1 saturated heterocycles. The van der Waals surface area contributed by atoms with Crippen LogP contribution in [0.5, 0.6) is 0 Å². The van der Waals surface area contributed by atoms with E-state index in [9.17, 15) is 18.8 Å². The van der Waals surface area contributed by atoms with Gasteiger partial charge in [-0.1, -0.05) is 24.3 Å². The summed E-state index contributed by atoms with van der Waals surface area (Å²) in [4.78, 5) is 41.6. The zero-order valence-electron chi connectivity index (χ0n) is 19.5. The SMILES string of the molecule is Cc1cc(/C=C2\SC(=O)N(CC(=O)N3CCc4ccccc4C3)C2=O)c(C)n1-c1ccc(F)cc1. The van der Waals surface area contributed by atoms with Crippen LogP contribution in [0.15, 0.2) is 59.5 Å². The summed E-state index contributed by atoms with van der Waals surface area (Å²) < 4.78 is 15.3. The van der Waals surface area contributed by atoms with Gasteiger partial charge in [0.2, 0.25) is 5.91 Å². The summed E-state index contributed by atoms with van der Waals surface area (Å²) in [6.45, 7) is 4.62. The summed E-state index contributed by atoms with van der Waals surface area (Å²) in [6, 6.07) is 16.1. The molecule has 0 aliphatic carbocycles. The lowest BCUT2D eigenvalue weighted by Crippen LogP contribution is -2.44. The first-order chi connectivity index (χ1) is 16.8. The Hall–Kier alpha value is -3.65. The van der Waals surface area contributed by atoms with Gasteiger partial charge < -0.3 is 9.47 Å². The number of hydrogen-bond donors (Lipinski definition) is 0. The summed E-state index contributed by atoms with van der Waals surface area (Å²) in [5, 5.41) is -0.445. The molecule has 1 aromatic heterocycles. The summed E-state index contributed by atoms with van der Waals surface area (Å²) in [5.41, 5.74) is 5.70. The van der Waals surface area contributed by atoms with Gasteiger partial charge >= 0.3 is 0 Å². The van der Waals surface area contributed by atoms with Gasteiger partial charge in [0.1, 0.15) is 12.4 Å². The number of imide groups is 1. The second-order valence-electron chi connectivity index (χ2n) is 8.74. The van der Waals surface area contributed by atoms with Crippen LogP contribution >= 0.6 is 11.8 Å². The largest absolute Gasteiger partial charge is 0.336 e. The quantitative estimate of drug-likeness (QED) is 0.492. The maximum absolute atomic E-state index is 13.3. The van der Waals surface area contributed by atoms with Crippen molar-refractivity contribution in [3.8, 4) is 5.69 Å². The number of nitrogens with zero attached hydrogens (tertiary/aromatic N) is 3. The number of hydrogen-bond acceptors (Lipinski definition) is 4. The number of benzene rings is 2. The molecule has 3 amide bonds. The smallest absolute Gasteiger partial charge is 0.294 e. The second-order valence-corrected chi connectivity index (χ2v) is 9.73. The van der Waals surface area contributed by atoms with Crippen LogP contribution in [-0.4, -0.2) is 44.5 Å². The van der Waals surface area contributed by atoms with Crippen LogP contribution in [0.25, 0.3) is 11.8 Å². The van der Waals surface area contributed by atoms with E-state index >= 15 is 0 Å². The minimum Gasteiger partial charge on any atom is -0.336 e. The van der Waals surface area contributed by atoms with Gasteiger partial charge in [-0.05, 0) is 85.1 Å². The van der Waals surface area contributed by atoms with Gasteiger partial charge in [-0.3, -0.25) is 19.3 Å². The van der Waals surface area contributed by atoms with Crippen LogP contribution in [0, 0.1) is 19.7 Å². The highest BCUT2D eigenvalue weighted by Gasteiger charge is 2.37. The molecule has 2 aromatic carbocycles. The highest BCUT2D eigenvalue weighted by atomic mass is 32.2. The minimum atomic E-state index is -0.461. The third-order valence-corrected chi connectivity index (χ3v) is 7.40. The molecule has 0 unspecified atom stereocenters. The number of amides is 3. The Kier molecular flexibility index (Phi) is 6.06. The number of halogens is 1. The number of aromatic nitrogens is 1. The van der Waals surface area contributed by atoms with E-state index in [0.29, 0.717) is 13.1 Å². The fourth-order valence-electron chi connectivity index (χ4n) is 4.64. The van der Waals surface area contributed by atoms with Crippen LogP contribution in [0.4, 0.5) is 9.18 Å². The van der Waals surface area contributed by atoms with Crippen molar-refractivity contribution in [2.45, 2.75) is 26.8 Å². The number of carbonyl (C=O) groups excluding carboxylic acids is 3. The first kappa shape index (κ1) is 23.1. The lowest BCUT2D eigenvalue weighted by molar-refractivity contribution is -0.136. The summed E-state index contributed by atoms with van der Waals surface area (Å²) in [7, 11) is 0. The van der Waals surface area contributed by atoms with E-state index in [2.05, 4.69) is 6.07 Å². The van der Waals surface area contributed by atoms with E-state index in [0.717, 1.165) is 51.3 Å². The van der Waals surface area contributed by atoms with Crippen molar-refractivity contribution in [2.24, 2.45) is 0 Å². The highest BCUT2D eigenvalue weighted by molar-refractivity contribution is 8.18. The monoisotopic (exact) mass is 489 g/mol. The van der Waals surface area contributed by atoms with Crippen LogP contribution in [0.2, 0.25) is 0 Å². The van der Waals surface area contributed by atoms with Gasteiger partial charge in [-0.15, -0.1) is 0 Å². The molecule has 8 heteroatoms. The Morgan fingerprint density at radius 3 is 2.51 bits per heavy atom. The molecule has 0 bridgehead atoms. The van der Waals surface area contributed by atoms with Gasteiger partial charge in [-0.2, -0.15) is 0 Å². The van der Waals surface area contributed by atoms with Gasteiger partial charge in [0.15, 0.2) is 0 Å². The van der Waals surface area contributed by atoms with Gasteiger partial charge in [-0.25, -0.2) is 4.39 Å². The first-order valence-electron chi connectivity index (χ1n) is 11.4. The minimum absolute atomic E-state index is 0.238. The van der Waals surface area contributed by atoms with E-state index in [-0.39, 0.29) is 23.2 Å². The molecule has 1 fully saturated rings. The topological polar surface area (TPSA) is 62.6 Å². The maximum atomic E-state index is 13.3. The lowest BCUT2D eigenvalue weighted by Gasteiger charge is -2.29. The van der Waals surface area contributed by atoms with Gasteiger partial charge in [0, 0.05) is 30.2 Å². The number of carbonyl (C=O) groups is 3. The standard InChI is InChI=1S/C27H24FN3O3S/c1-17-13-21(18(2)31(17)23-9-7-22(28)8-10-23)14-24-26(33)30(27(34)35-24)16-25(32)29-12-11-19-5-3-4-6-20(19)15-29/h3-10,13-14H,11-12,15-16H2,1-2H3/b24-14-. The summed E-state index contributed by atoms with van der Waals surface area (Å²) in [6.07, 6.45) is 2.45. The Bertz CT molecular complexity index is 1380. The zero-order valence-corrected chi connectivity index (χ0v) is 20.3. The average molecular weight is 490 g/mol. The lowest BCUT2D eigenvalue weighted by atomic mass is 10.00. The summed E-state index contributed by atoms with van der Waals surface area (Å²) in [5.74, 6) is -1.01. The molecule has 0 spiro atoms. The number of thioether (sulfide) groups is 1. The Labute approximate surface area is 207 Å². The molecular formula is C27H24FN3O3S. The van der Waals surface area contributed by atoms with Crippen molar-refractivity contribution in [1.82, 2.24) is 14.4 Å². The molecule has 0 radical (unpaired) electrons. The van der Waals surface area contributed by atoms with E-state index in [1.807, 2.05) is 42.7 Å². The van der Waals surface area contributed by atoms with Gasteiger partial charge in [0.25, 0.3) is 11.1 Å². The van der Waals surface area contributed by atoms with E-state index in [1.165, 1.54) is 17.7 Å². The van der Waals surface area contributed by atoms with E-state index < -0.39 is 11.1 Å². The van der Waals surface area contributed by atoms with Crippen molar-refractivity contribution < 1.29 is 18.8 Å². The van der Waals surface area contributed by atoms with Crippen molar-refractivity contribution in [1.29, 1.82) is 0 Å². The molecule has 0 saturated carbocycles. The molecule has 178 valence electrons. The van der Waals surface area contributed by atoms with Crippen LogP contribution in [-0.2, 0) is 22.6 Å². The van der Waals surface area contributed by atoms with Crippen molar-refractivity contribution in [3.05, 3.63) is 93.4 Å². The maximum Gasteiger partial charge on any atom is 0.294 e. The molecule has 35 heavy (non-hydrogen) atoms. The molecule has 6 nitrogen and oxygen atoms in total.